The summed E-state index contributed by atoms with van der Waals surface area (Å²) in [5, 5.41) is 0. The van der Waals surface area contributed by atoms with Crippen LogP contribution in [0.5, 0.6) is 0 Å². The van der Waals surface area contributed by atoms with E-state index in [4.69, 9.17) is 9.47 Å². The Bertz CT molecular complexity index is 180. The predicted octanol–water partition coefficient (Wildman–Crippen LogP) is 2.11. The Morgan fingerprint density at radius 1 is 1.33 bits per heavy atom. The molecule has 0 aromatic carbocycles. The van der Waals surface area contributed by atoms with Crippen LogP contribution < -0.4 is 0 Å². The summed E-state index contributed by atoms with van der Waals surface area (Å²) in [6, 6.07) is 0. The zero-order chi connectivity index (χ0) is 8.39. The molecule has 1 atom stereocenters. The zero-order valence-corrected chi connectivity index (χ0v) is 7.58. The quantitative estimate of drug-likeness (QED) is 0.558. The van der Waals surface area contributed by atoms with Gasteiger partial charge in [-0.3, -0.25) is 0 Å². The van der Waals surface area contributed by atoms with E-state index >= 15 is 0 Å². The molecule has 2 aliphatic rings. The van der Waals surface area contributed by atoms with Crippen LogP contribution in [-0.4, -0.2) is 19.5 Å². The second-order valence-electron chi connectivity index (χ2n) is 3.68. The summed E-state index contributed by atoms with van der Waals surface area (Å²) < 4.78 is 10.9. The van der Waals surface area contributed by atoms with Crippen molar-refractivity contribution in [2.75, 3.05) is 13.2 Å². The van der Waals surface area contributed by atoms with Gasteiger partial charge in [0, 0.05) is 5.92 Å². The van der Waals surface area contributed by atoms with Crippen molar-refractivity contribution in [1.29, 1.82) is 0 Å². The molecular formula is C10H16O2. The maximum Gasteiger partial charge on any atom is 0.163 e. The van der Waals surface area contributed by atoms with Gasteiger partial charge in [-0.1, -0.05) is 11.6 Å². The molecule has 0 spiro atoms. The van der Waals surface area contributed by atoms with Crippen LogP contribution in [0.2, 0.25) is 0 Å². The number of hydrogen-bond acceptors (Lipinski definition) is 2. The van der Waals surface area contributed by atoms with Crippen molar-refractivity contribution in [1.82, 2.24) is 0 Å². The minimum atomic E-state index is 0.0558. The molecule has 1 aliphatic carbocycles. The number of rotatable bonds is 1. The SMILES string of the molecule is CC1=CC(C2OCCO2)CCC1. The molecule has 12 heavy (non-hydrogen) atoms. The lowest BCUT2D eigenvalue weighted by atomic mass is 9.91. The van der Waals surface area contributed by atoms with Gasteiger partial charge >= 0.3 is 0 Å². The van der Waals surface area contributed by atoms with E-state index in [1.807, 2.05) is 0 Å². The number of ether oxygens (including phenoxy) is 2. The van der Waals surface area contributed by atoms with Gasteiger partial charge < -0.3 is 9.47 Å². The van der Waals surface area contributed by atoms with Crippen molar-refractivity contribution in [3.05, 3.63) is 11.6 Å². The molecule has 2 nitrogen and oxygen atoms in total. The van der Waals surface area contributed by atoms with E-state index in [2.05, 4.69) is 13.0 Å². The summed E-state index contributed by atoms with van der Waals surface area (Å²) in [4.78, 5) is 0. The molecule has 1 aliphatic heterocycles. The van der Waals surface area contributed by atoms with E-state index in [0.29, 0.717) is 5.92 Å². The highest BCUT2D eigenvalue weighted by molar-refractivity contribution is 5.05. The predicted molar refractivity (Wildman–Crippen MR) is 46.8 cm³/mol. The Hall–Kier alpha value is -0.340. The molecule has 0 N–H and O–H groups in total. The van der Waals surface area contributed by atoms with Crippen molar-refractivity contribution in [2.24, 2.45) is 5.92 Å². The van der Waals surface area contributed by atoms with Crippen LogP contribution in [0.3, 0.4) is 0 Å². The minimum absolute atomic E-state index is 0.0558. The Labute approximate surface area is 73.5 Å². The molecule has 1 heterocycles. The van der Waals surface area contributed by atoms with Crippen LogP contribution >= 0.6 is 0 Å². The summed E-state index contributed by atoms with van der Waals surface area (Å²) in [6.45, 7) is 3.74. The van der Waals surface area contributed by atoms with Gasteiger partial charge in [0.1, 0.15) is 0 Å². The fourth-order valence-corrected chi connectivity index (χ4v) is 1.99. The van der Waals surface area contributed by atoms with Crippen LogP contribution in [0.25, 0.3) is 0 Å². The van der Waals surface area contributed by atoms with Gasteiger partial charge in [0.25, 0.3) is 0 Å². The third-order valence-electron chi connectivity index (χ3n) is 2.60. The molecular weight excluding hydrogens is 152 g/mol. The summed E-state index contributed by atoms with van der Waals surface area (Å²) in [5.74, 6) is 0.515. The molecule has 0 aromatic rings. The molecule has 2 heteroatoms. The van der Waals surface area contributed by atoms with Crippen molar-refractivity contribution in [2.45, 2.75) is 32.5 Å². The fraction of sp³-hybridized carbons (Fsp3) is 0.800. The molecule has 0 aromatic heterocycles. The Morgan fingerprint density at radius 3 is 2.75 bits per heavy atom. The van der Waals surface area contributed by atoms with Gasteiger partial charge in [-0.2, -0.15) is 0 Å². The fourth-order valence-electron chi connectivity index (χ4n) is 1.99. The average molecular weight is 168 g/mol. The Balaban J connectivity index is 1.97. The smallest absolute Gasteiger partial charge is 0.163 e. The molecule has 0 amide bonds. The summed E-state index contributed by atoms with van der Waals surface area (Å²) >= 11 is 0. The Kier molecular flexibility index (Phi) is 2.47. The van der Waals surface area contributed by atoms with Crippen LogP contribution in [0, 0.1) is 5.92 Å². The summed E-state index contributed by atoms with van der Waals surface area (Å²) in [6.07, 6.45) is 6.14. The third kappa shape index (κ3) is 1.70. The third-order valence-corrected chi connectivity index (χ3v) is 2.60. The Morgan fingerprint density at radius 2 is 2.08 bits per heavy atom. The van der Waals surface area contributed by atoms with E-state index in [0.717, 1.165) is 13.2 Å². The van der Waals surface area contributed by atoms with Gasteiger partial charge in [0.2, 0.25) is 0 Å². The topological polar surface area (TPSA) is 18.5 Å². The first kappa shape index (κ1) is 8.27. The molecule has 68 valence electrons. The molecule has 1 unspecified atom stereocenters. The van der Waals surface area contributed by atoms with E-state index in [9.17, 15) is 0 Å². The van der Waals surface area contributed by atoms with Gasteiger partial charge in [0.05, 0.1) is 13.2 Å². The standard InChI is InChI=1S/C10H16O2/c1-8-3-2-4-9(7-8)10-11-5-6-12-10/h7,9-10H,2-6H2,1H3. The maximum absolute atomic E-state index is 5.47. The minimum Gasteiger partial charge on any atom is -0.350 e. The first-order valence-corrected chi connectivity index (χ1v) is 4.77. The van der Waals surface area contributed by atoms with Crippen LogP contribution in [-0.2, 0) is 9.47 Å². The molecule has 0 radical (unpaired) electrons. The normalized spacial score (nSPS) is 32.1. The van der Waals surface area contributed by atoms with Crippen molar-refractivity contribution in [3.8, 4) is 0 Å². The molecule has 0 bridgehead atoms. The molecule has 1 saturated heterocycles. The van der Waals surface area contributed by atoms with Gasteiger partial charge in [0.15, 0.2) is 6.29 Å². The lowest BCUT2D eigenvalue weighted by Gasteiger charge is -2.23. The first-order chi connectivity index (χ1) is 5.86. The number of hydrogen-bond donors (Lipinski definition) is 0. The highest BCUT2D eigenvalue weighted by Crippen LogP contribution is 2.28. The zero-order valence-electron chi connectivity index (χ0n) is 7.58. The van der Waals surface area contributed by atoms with Crippen molar-refractivity contribution < 1.29 is 9.47 Å². The summed E-state index contributed by atoms with van der Waals surface area (Å²) in [7, 11) is 0. The van der Waals surface area contributed by atoms with Gasteiger partial charge in [-0.25, -0.2) is 0 Å². The second kappa shape index (κ2) is 3.58. The monoisotopic (exact) mass is 168 g/mol. The highest BCUT2D eigenvalue weighted by atomic mass is 16.7. The van der Waals surface area contributed by atoms with Crippen LogP contribution in [0.4, 0.5) is 0 Å². The lowest BCUT2D eigenvalue weighted by molar-refractivity contribution is -0.0736. The second-order valence-corrected chi connectivity index (χ2v) is 3.68. The average Bonchev–Trinajstić information content (AvgIpc) is 2.56. The summed E-state index contributed by atoms with van der Waals surface area (Å²) in [5.41, 5.74) is 1.49. The number of allylic oxidation sites excluding steroid dienone is 1. The van der Waals surface area contributed by atoms with Crippen LogP contribution in [0.15, 0.2) is 11.6 Å². The molecule has 1 fully saturated rings. The van der Waals surface area contributed by atoms with Gasteiger partial charge in [-0.15, -0.1) is 0 Å². The van der Waals surface area contributed by atoms with E-state index in [-0.39, 0.29) is 6.29 Å². The maximum atomic E-state index is 5.47. The van der Waals surface area contributed by atoms with Gasteiger partial charge in [-0.05, 0) is 26.2 Å². The lowest BCUT2D eigenvalue weighted by Crippen LogP contribution is -2.21. The highest BCUT2D eigenvalue weighted by Gasteiger charge is 2.26. The molecule has 0 saturated carbocycles. The van der Waals surface area contributed by atoms with E-state index in [1.165, 1.54) is 24.8 Å². The van der Waals surface area contributed by atoms with Crippen molar-refractivity contribution in [3.63, 3.8) is 0 Å². The first-order valence-electron chi connectivity index (χ1n) is 4.77. The molecule has 2 rings (SSSR count). The van der Waals surface area contributed by atoms with E-state index < -0.39 is 0 Å². The van der Waals surface area contributed by atoms with Crippen molar-refractivity contribution >= 4 is 0 Å². The van der Waals surface area contributed by atoms with Crippen LogP contribution in [0.1, 0.15) is 26.2 Å². The van der Waals surface area contributed by atoms with E-state index in [1.54, 1.807) is 0 Å². The largest absolute Gasteiger partial charge is 0.350 e.